The van der Waals surface area contributed by atoms with E-state index in [-0.39, 0.29) is 12.4 Å². The van der Waals surface area contributed by atoms with Gasteiger partial charge in [-0.25, -0.2) is 4.39 Å². The molecule has 0 radical (unpaired) electrons. The third kappa shape index (κ3) is 4.51. The molecular weight excluding hydrogens is 281 g/mol. The molecule has 2 rings (SSSR count). The second kappa shape index (κ2) is 8.46. The van der Waals surface area contributed by atoms with Crippen molar-refractivity contribution in [2.75, 3.05) is 24.6 Å². The number of anilines is 1. The lowest BCUT2D eigenvalue weighted by Gasteiger charge is -2.23. The smallest absolute Gasteiger partial charge is 0.146 e. The number of nitrogens with one attached hydrogen (secondary N) is 1. The number of aliphatic hydroxyl groups is 1. The van der Waals surface area contributed by atoms with Crippen LogP contribution in [-0.2, 0) is 13.1 Å². The van der Waals surface area contributed by atoms with E-state index in [1.54, 1.807) is 18.5 Å². The number of hydrogen-bond donors (Lipinski definition) is 2. The van der Waals surface area contributed by atoms with Crippen LogP contribution in [-0.4, -0.2) is 29.8 Å². The van der Waals surface area contributed by atoms with Gasteiger partial charge in [-0.05, 0) is 42.3 Å². The predicted octanol–water partition coefficient (Wildman–Crippen LogP) is 2.33. The molecule has 1 aromatic heterocycles. The van der Waals surface area contributed by atoms with Crippen LogP contribution in [0.4, 0.5) is 10.1 Å². The molecule has 1 heterocycles. The summed E-state index contributed by atoms with van der Waals surface area (Å²) in [6.07, 6.45) is 3.53. The van der Waals surface area contributed by atoms with Gasteiger partial charge in [-0.3, -0.25) is 4.98 Å². The molecule has 4 nitrogen and oxygen atoms in total. The van der Waals surface area contributed by atoms with Crippen molar-refractivity contribution in [2.45, 2.75) is 20.0 Å². The summed E-state index contributed by atoms with van der Waals surface area (Å²) in [6.45, 7) is 4.45. The summed E-state index contributed by atoms with van der Waals surface area (Å²) in [5.74, 6) is -0.256. The Hall–Kier alpha value is -1.98. The van der Waals surface area contributed by atoms with Gasteiger partial charge in [0.25, 0.3) is 0 Å². The Morgan fingerprint density at radius 1 is 1.14 bits per heavy atom. The Kier molecular flexibility index (Phi) is 6.30. The van der Waals surface area contributed by atoms with Crippen LogP contribution in [0.1, 0.15) is 18.1 Å². The third-order valence-corrected chi connectivity index (χ3v) is 3.51. The maximum Gasteiger partial charge on any atom is 0.146 e. The fourth-order valence-corrected chi connectivity index (χ4v) is 2.33. The molecule has 0 saturated carbocycles. The molecule has 0 atom stereocenters. The van der Waals surface area contributed by atoms with E-state index in [4.69, 9.17) is 5.11 Å². The number of rotatable bonds is 8. The second-order valence-corrected chi connectivity index (χ2v) is 5.05. The molecule has 2 aromatic rings. The van der Waals surface area contributed by atoms with Gasteiger partial charge in [0.2, 0.25) is 0 Å². The molecule has 0 aliphatic heterocycles. The van der Waals surface area contributed by atoms with Crippen molar-refractivity contribution in [2.24, 2.45) is 0 Å². The lowest BCUT2D eigenvalue weighted by molar-refractivity contribution is 0.302. The molecule has 0 saturated heterocycles. The van der Waals surface area contributed by atoms with Crippen LogP contribution in [0.15, 0.2) is 42.7 Å². The monoisotopic (exact) mass is 303 g/mol. The Morgan fingerprint density at radius 3 is 2.55 bits per heavy atom. The Morgan fingerprint density at radius 2 is 1.86 bits per heavy atom. The molecule has 0 fully saturated rings. The van der Waals surface area contributed by atoms with Crippen LogP contribution in [0, 0.1) is 5.82 Å². The fraction of sp³-hybridized carbons (Fsp3) is 0.353. The summed E-state index contributed by atoms with van der Waals surface area (Å²) in [4.78, 5) is 5.82. The summed E-state index contributed by atoms with van der Waals surface area (Å²) in [7, 11) is 0. The Labute approximate surface area is 130 Å². The minimum Gasteiger partial charge on any atom is -0.395 e. The average molecular weight is 303 g/mol. The van der Waals surface area contributed by atoms with Crippen molar-refractivity contribution in [3.63, 3.8) is 0 Å². The Bertz CT molecular complexity index is 577. The van der Waals surface area contributed by atoms with Crippen LogP contribution in [0.3, 0.4) is 0 Å². The van der Waals surface area contributed by atoms with E-state index >= 15 is 0 Å². The molecular formula is C17H22FN3O. The molecule has 0 bridgehead atoms. The lowest BCUT2D eigenvalue weighted by Crippen LogP contribution is -2.27. The van der Waals surface area contributed by atoms with E-state index < -0.39 is 0 Å². The van der Waals surface area contributed by atoms with Gasteiger partial charge in [0.15, 0.2) is 0 Å². The number of likely N-dealkylation sites (N-methyl/N-ethyl adjacent to an activating group) is 1. The first-order valence-electron chi connectivity index (χ1n) is 7.48. The highest BCUT2D eigenvalue weighted by Gasteiger charge is 2.10. The van der Waals surface area contributed by atoms with Crippen LogP contribution in [0.2, 0.25) is 0 Å². The number of halogens is 1. The number of aromatic nitrogens is 1. The maximum absolute atomic E-state index is 14.0. The van der Waals surface area contributed by atoms with Gasteiger partial charge >= 0.3 is 0 Å². The number of aliphatic hydroxyl groups excluding tert-OH is 1. The topological polar surface area (TPSA) is 48.4 Å². The van der Waals surface area contributed by atoms with E-state index in [9.17, 15) is 4.39 Å². The highest BCUT2D eigenvalue weighted by atomic mass is 19.1. The molecule has 0 aliphatic rings. The van der Waals surface area contributed by atoms with Crippen LogP contribution >= 0.6 is 0 Å². The molecule has 0 amide bonds. The van der Waals surface area contributed by atoms with Crippen molar-refractivity contribution in [3.05, 3.63) is 59.7 Å². The van der Waals surface area contributed by atoms with Crippen molar-refractivity contribution in [1.29, 1.82) is 0 Å². The minimum atomic E-state index is -0.256. The lowest BCUT2D eigenvalue weighted by atomic mass is 10.1. The van der Waals surface area contributed by atoms with Gasteiger partial charge in [0, 0.05) is 38.6 Å². The summed E-state index contributed by atoms with van der Waals surface area (Å²) in [6, 6.07) is 9.03. The fourth-order valence-electron chi connectivity index (χ4n) is 2.33. The summed E-state index contributed by atoms with van der Waals surface area (Å²) >= 11 is 0. The number of pyridine rings is 1. The summed E-state index contributed by atoms with van der Waals surface area (Å²) in [5, 5.41) is 12.4. The number of benzene rings is 1. The zero-order chi connectivity index (χ0) is 15.8. The largest absolute Gasteiger partial charge is 0.395 e. The molecule has 0 unspecified atom stereocenters. The molecule has 118 valence electrons. The average Bonchev–Trinajstić information content (AvgIpc) is 2.55. The van der Waals surface area contributed by atoms with E-state index in [1.807, 2.05) is 30.0 Å². The summed E-state index contributed by atoms with van der Waals surface area (Å²) < 4.78 is 14.0. The third-order valence-electron chi connectivity index (χ3n) is 3.51. The van der Waals surface area contributed by atoms with Crippen molar-refractivity contribution < 1.29 is 9.50 Å². The molecule has 1 aromatic carbocycles. The van der Waals surface area contributed by atoms with Crippen molar-refractivity contribution in [1.82, 2.24) is 10.3 Å². The molecule has 5 heteroatoms. The highest BCUT2D eigenvalue weighted by Crippen LogP contribution is 2.20. The molecule has 2 N–H and O–H groups in total. The zero-order valence-electron chi connectivity index (χ0n) is 12.8. The van der Waals surface area contributed by atoms with Crippen LogP contribution in [0.25, 0.3) is 0 Å². The standard InChI is InChI=1S/C17H22FN3O/c1-2-21(9-10-22)17-11-15(3-4-16(17)18)13-20-12-14-5-7-19-8-6-14/h3-8,11,20,22H,2,9-10,12-13H2,1H3. The first kappa shape index (κ1) is 16.4. The van der Waals surface area contributed by atoms with Gasteiger partial charge in [-0.1, -0.05) is 6.07 Å². The van der Waals surface area contributed by atoms with Gasteiger partial charge < -0.3 is 15.3 Å². The maximum atomic E-state index is 14.0. The van der Waals surface area contributed by atoms with Crippen molar-refractivity contribution >= 4 is 5.69 Å². The second-order valence-electron chi connectivity index (χ2n) is 5.05. The molecule has 0 spiro atoms. The molecule has 22 heavy (non-hydrogen) atoms. The van der Waals surface area contributed by atoms with Gasteiger partial charge in [-0.15, -0.1) is 0 Å². The predicted molar refractivity (Wildman–Crippen MR) is 86.2 cm³/mol. The van der Waals surface area contributed by atoms with E-state index in [0.29, 0.717) is 25.3 Å². The quantitative estimate of drug-likeness (QED) is 0.786. The van der Waals surface area contributed by atoms with E-state index in [2.05, 4.69) is 10.3 Å². The first-order valence-corrected chi connectivity index (χ1v) is 7.48. The first-order chi connectivity index (χ1) is 10.7. The zero-order valence-corrected chi connectivity index (χ0v) is 12.8. The SMILES string of the molecule is CCN(CCO)c1cc(CNCc2ccncc2)ccc1F. The number of hydrogen-bond acceptors (Lipinski definition) is 4. The van der Waals surface area contributed by atoms with E-state index in [0.717, 1.165) is 17.7 Å². The van der Waals surface area contributed by atoms with E-state index in [1.165, 1.54) is 6.07 Å². The minimum absolute atomic E-state index is 0.0117. The number of nitrogens with zero attached hydrogens (tertiary/aromatic N) is 2. The van der Waals surface area contributed by atoms with Crippen LogP contribution in [0.5, 0.6) is 0 Å². The summed E-state index contributed by atoms with van der Waals surface area (Å²) in [5.41, 5.74) is 2.72. The van der Waals surface area contributed by atoms with Gasteiger partial charge in [0.1, 0.15) is 5.82 Å². The Balaban J connectivity index is 1.99. The van der Waals surface area contributed by atoms with Crippen molar-refractivity contribution in [3.8, 4) is 0 Å². The normalized spacial score (nSPS) is 10.7. The highest BCUT2D eigenvalue weighted by molar-refractivity contribution is 5.50. The van der Waals surface area contributed by atoms with Gasteiger partial charge in [0.05, 0.1) is 12.3 Å². The molecule has 0 aliphatic carbocycles. The van der Waals surface area contributed by atoms with Crippen LogP contribution < -0.4 is 10.2 Å². The van der Waals surface area contributed by atoms with Gasteiger partial charge in [-0.2, -0.15) is 0 Å².